The molecule has 0 atom stereocenters. The number of carbonyl (C=O) groups excluding carboxylic acids is 2. The molecule has 0 fully saturated rings. The Labute approximate surface area is 164 Å². The Morgan fingerprint density at radius 3 is 2.41 bits per heavy atom. The first-order chi connectivity index (χ1) is 13.0. The van der Waals surface area contributed by atoms with E-state index in [4.69, 9.17) is 21.1 Å². The summed E-state index contributed by atoms with van der Waals surface area (Å²) in [5.41, 5.74) is 1.43. The van der Waals surface area contributed by atoms with Gasteiger partial charge in [0.05, 0.1) is 31.4 Å². The average molecular weight is 391 g/mol. The zero-order valence-corrected chi connectivity index (χ0v) is 16.4. The van der Waals surface area contributed by atoms with Gasteiger partial charge in [-0.25, -0.2) is 0 Å². The van der Waals surface area contributed by atoms with Gasteiger partial charge in [-0.05, 0) is 29.8 Å². The van der Waals surface area contributed by atoms with Crippen LogP contribution >= 0.6 is 11.6 Å². The third kappa shape index (κ3) is 5.62. The SMILES string of the molecule is COc1ccc(CC(=O)NCCN(C(C)=O)c2ccccc2Cl)cc1OC. The van der Waals surface area contributed by atoms with Crippen LogP contribution in [0.2, 0.25) is 5.02 Å². The van der Waals surface area contributed by atoms with E-state index < -0.39 is 0 Å². The van der Waals surface area contributed by atoms with Crippen LogP contribution in [0.5, 0.6) is 11.5 Å². The fourth-order valence-electron chi connectivity index (χ4n) is 2.66. The summed E-state index contributed by atoms with van der Waals surface area (Å²) in [5, 5.41) is 3.31. The van der Waals surface area contributed by atoms with E-state index in [2.05, 4.69) is 5.32 Å². The second kappa shape index (κ2) is 9.83. The summed E-state index contributed by atoms with van der Waals surface area (Å²) in [6.07, 6.45) is 0.201. The van der Waals surface area contributed by atoms with Crippen molar-refractivity contribution in [1.29, 1.82) is 0 Å². The Morgan fingerprint density at radius 2 is 1.78 bits per heavy atom. The van der Waals surface area contributed by atoms with Crippen LogP contribution in [0.1, 0.15) is 12.5 Å². The molecular weight excluding hydrogens is 368 g/mol. The van der Waals surface area contributed by atoms with Crippen molar-refractivity contribution < 1.29 is 19.1 Å². The summed E-state index contributed by atoms with van der Waals surface area (Å²) in [7, 11) is 3.11. The first kappa shape index (κ1) is 20.6. The number of halogens is 1. The topological polar surface area (TPSA) is 67.9 Å². The molecule has 0 saturated carbocycles. The maximum atomic E-state index is 12.2. The first-order valence-corrected chi connectivity index (χ1v) is 8.84. The van der Waals surface area contributed by atoms with Gasteiger partial charge in [-0.1, -0.05) is 29.8 Å². The van der Waals surface area contributed by atoms with Gasteiger partial charge in [0.2, 0.25) is 11.8 Å². The van der Waals surface area contributed by atoms with Gasteiger partial charge in [-0.15, -0.1) is 0 Å². The Morgan fingerprint density at radius 1 is 1.07 bits per heavy atom. The number of nitrogens with zero attached hydrogens (tertiary/aromatic N) is 1. The van der Waals surface area contributed by atoms with Crippen molar-refractivity contribution in [2.24, 2.45) is 0 Å². The molecule has 6 nitrogen and oxygen atoms in total. The van der Waals surface area contributed by atoms with Gasteiger partial charge >= 0.3 is 0 Å². The van der Waals surface area contributed by atoms with Gasteiger partial charge in [-0.3, -0.25) is 9.59 Å². The largest absolute Gasteiger partial charge is 0.493 e. The van der Waals surface area contributed by atoms with Crippen LogP contribution in [0, 0.1) is 0 Å². The molecule has 2 aromatic carbocycles. The lowest BCUT2D eigenvalue weighted by atomic mass is 10.1. The van der Waals surface area contributed by atoms with Crippen molar-refractivity contribution >= 4 is 29.1 Å². The minimum Gasteiger partial charge on any atom is -0.493 e. The number of ether oxygens (including phenoxy) is 2. The quantitative estimate of drug-likeness (QED) is 0.752. The molecule has 2 aromatic rings. The number of carbonyl (C=O) groups is 2. The molecule has 0 spiro atoms. The number of amides is 2. The molecule has 0 heterocycles. The molecule has 144 valence electrons. The average Bonchev–Trinajstić information content (AvgIpc) is 2.65. The summed E-state index contributed by atoms with van der Waals surface area (Å²) in [5.74, 6) is 0.893. The van der Waals surface area contributed by atoms with Crippen LogP contribution in [-0.4, -0.2) is 39.1 Å². The molecule has 2 amide bonds. The summed E-state index contributed by atoms with van der Waals surface area (Å²) in [4.78, 5) is 25.7. The summed E-state index contributed by atoms with van der Waals surface area (Å²) < 4.78 is 10.4. The molecule has 0 bridgehead atoms. The van der Waals surface area contributed by atoms with E-state index in [1.54, 1.807) is 49.5 Å². The van der Waals surface area contributed by atoms with Crippen LogP contribution in [0.3, 0.4) is 0 Å². The second-order valence-electron chi connectivity index (χ2n) is 5.84. The monoisotopic (exact) mass is 390 g/mol. The summed E-state index contributed by atoms with van der Waals surface area (Å²) in [6.45, 7) is 2.11. The molecule has 0 aliphatic rings. The molecule has 0 aliphatic heterocycles. The predicted octanol–water partition coefficient (Wildman–Crippen LogP) is 3.07. The van der Waals surface area contributed by atoms with E-state index in [-0.39, 0.29) is 18.2 Å². The van der Waals surface area contributed by atoms with Crippen molar-refractivity contribution in [3.8, 4) is 11.5 Å². The molecule has 0 aromatic heterocycles. The van der Waals surface area contributed by atoms with Crippen molar-refractivity contribution in [1.82, 2.24) is 5.32 Å². The van der Waals surface area contributed by atoms with Crippen LogP contribution in [0.15, 0.2) is 42.5 Å². The zero-order chi connectivity index (χ0) is 19.8. The fraction of sp³-hybridized carbons (Fsp3) is 0.300. The zero-order valence-electron chi connectivity index (χ0n) is 15.6. The number of anilines is 1. The van der Waals surface area contributed by atoms with Gasteiger partial charge in [0.25, 0.3) is 0 Å². The van der Waals surface area contributed by atoms with Gasteiger partial charge < -0.3 is 19.7 Å². The molecule has 27 heavy (non-hydrogen) atoms. The second-order valence-corrected chi connectivity index (χ2v) is 6.25. The molecule has 2 rings (SSSR count). The highest BCUT2D eigenvalue weighted by Crippen LogP contribution is 2.27. The lowest BCUT2D eigenvalue weighted by Gasteiger charge is -2.22. The number of nitrogens with one attached hydrogen (secondary N) is 1. The van der Waals surface area contributed by atoms with E-state index in [1.165, 1.54) is 6.92 Å². The third-order valence-corrected chi connectivity index (χ3v) is 4.31. The van der Waals surface area contributed by atoms with E-state index in [0.717, 1.165) is 5.56 Å². The van der Waals surface area contributed by atoms with Crippen molar-refractivity contribution in [2.45, 2.75) is 13.3 Å². The Bertz CT molecular complexity index is 810. The first-order valence-electron chi connectivity index (χ1n) is 8.46. The number of hydrogen-bond acceptors (Lipinski definition) is 4. The van der Waals surface area contributed by atoms with Crippen LogP contribution in [0.25, 0.3) is 0 Å². The van der Waals surface area contributed by atoms with E-state index >= 15 is 0 Å². The fourth-order valence-corrected chi connectivity index (χ4v) is 2.90. The molecule has 0 saturated heterocycles. The maximum Gasteiger partial charge on any atom is 0.224 e. The lowest BCUT2D eigenvalue weighted by Crippen LogP contribution is -2.38. The summed E-state index contributed by atoms with van der Waals surface area (Å²) in [6, 6.07) is 12.5. The number of methoxy groups -OCH3 is 2. The van der Waals surface area contributed by atoms with E-state index in [1.807, 2.05) is 12.1 Å². The van der Waals surface area contributed by atoms with Crippen LogP contribution in [0.4, 0.5) is 5.69 Å². The number of benzene rings is 2. The van der Waals surface area contributed by atoms with Crippen molar-refractivity contribution in [2.75, 3.05) is 32.2 Å². The Hall–Kier alpha value is -2.73. The van der Waals surface area contributed by atoms with Gasteiger partial charge in [0.15, 0.2) is 11.5 Å². The highest BCUT2D eigenvalue weighted by molar-refractivity contribution is 6.33. The Kier molecular flexibility index (Phi) is 7.49. The van der Waals surface area contributed by atoms with Crippen molar-refractivity contribution in [3.63, 3.8) is 0 Å². The Balaban J connectivity index is 1.93. The van der Waals surface area contributed by atoms with Crippen LogP contribution in [-0.2, 0) is 16.0 Å². The minimum absolute atomic E-state index is 0.141. The van der Waals surface area contributed by atoms with Gasteiger partial charge in [0, 0.05) is 20.0 Å². The molecule has 0 unspecified atom stereocenters. The number of rotatable bonds is 8. The van der Waals surface area contributed by atoms with E-state index in [9.17, 15) is 9.59 Å². The van der Waals surface area contributed by atoms with Gasteiger partial charge in [0.1, 0.15) is 0 Å². The molecular formula is C20H23ClN2O4. The smallest absolute Gasteiger partial charge is 0.224 e. The van der Waals surface area contributed by atoms with Crippen molar-refractivity contribution in [3.05, 3.63) is 53.1 Å². The normalized spacial score (nSPS) is 10.2. The van der Waals surface area contributed by atoms with Gasteiger partial charge in [-0.2, -0.15) is 0 Å². The summed E-state index contributed by atoms with van der Waals surface area (Å²) >= 11 is 6.16. The van der Waals surface area contributed by atoms with Crippen LogP contribution < -0.4 is 19.7 Å². The molecule has 0 radical (unpaired) electrons. The lowest BCUT2D eigenvalue weighted by molar-refractivity contribution is -0.121. The minimum atomic E-state index is -0.148. The standard InChI is InChI=1S/C20H23ClN2O4/c1-14(24)23(17-7-5-4-6-16(17)21)11-10-22-20(25)13-15-8-9-18(26-2)19(12-15)27-3/h4-9,12H,10-11,13H2,1-3H3,(H,22,25). The molecule has 1 N–H and O–H groups in total. The molecule has 7 heteroatoms. The highest BCUT2D eigenvalue weighted by atomic mass is 35.5. The maximum absolute atomic E-state index is 12.2. The number of para-hydroxylation sites is 1. The molecule has 0 aliphatic carbocycles. The highest BCUT2D eigenvalue weighted by Gasteiger charge is 2.15. The third-order valence-electron chi connectivity index (χ3n) is 3.99. The predicted molar refractivity (Wildman–Crippen MR) is 106 cm³/mol. The number of hydrogen-bond donors (Lipinski definition) is 1. The van der Waals surface area contributed by atoms with E-state index in [0.29, 0.717) is 35.3 Å².